The monoisotopic (exact) mass is 462 g/mol. The van der Waals surface area contributed by atoms with E-state index in [0.717, 1.165) is 17.5 Å². The maximum absolute atomic E-state index is 12.8. The van der Waals surface area contributed by atoms with Gasteiger partial charge in [-0.3, -0.25) is 9.59 Å². The highest BCUT2D eigenvalue weighted by atomic mass is 16.5. The van der Waals surface area contributed by atoms with Gasteiger partial charge in [0.25, 0.3) is 0 Å². The van der Waals surface area contributed by atoms with Crippen LogP contribution in [-0.2, 0) is 14.3 Å². The number of carboxylic acid groups (broad SMARTS) is 1. The van der Waals surface area contributed by atoms with Gasteiger partial charge in [0, 0.05) is 31.5 Å². The Hall–Kier alpha value is -3.35. The molecular formula is C27H30N2O5. The molecule has 2 aromatic rings. The molecule has 1 heterocycles. The standard InChI is InChI=1S/C27H30N2O5/c1-2-7-16(12-24(30)29-13-21-22(14-29)25(21)26(31)32)28-27(33)34-15-23-19-10-5-3-8-17(19)18-9-4-6-11-20(18)23/h3-6,8-11,16,21-23,25H,2,7,12-15H2,1H3,(H,28,33)(H,31,32)/t16?,21-,22+,25?. The van der Waals surface area contributed by atoms with E-state index < -0.39 is 12.1 Å². The summed E-state index contributed by atoms with van der Waals surface area (Å²) in [5.41, 5.74) is 4.67. The molecule has 7 nitrogen and oxygen atoms in total. The van der Waals surface area contributed by atoms with Crippen molar-refractivity contribution in [1.82, 2.24) is 10.2 Å². The summed E-state index contributed by atoms with van der Waals surface area (Å²) >= 11 is 0. The molecule has 1 aliphatic heterocycles. The number of nitrogens with zero attached hydrogens (tertiary/aromatic N) is 1. The van der Waals surface area contributed by atoms with E-state index in [1.54, 1.807) is 4.90 Å². The van der Waals surface area contributed by atoms with E-state index in [2.05, 4.69) is 29.6 Å². The van der Waals surface area contributed by atoms with Crippen LogP contribution in [0.1, 0.15) is 43.2 Å². The number of alkyl carbamates (subject to hydrolysis) is 1. The van der Waals surface area contributed by atoms with Crippen molar-refractivity contribution in [3.8, 4) is 11.1 Å². The number of nitrogens with one attached hydrogen (secondary N) is 1. The predicted molar refractivity (Wildman–Crippen MR) is 126 cm³/mol. The lowest BCUT2D eigenvalue weighted by molar-refractivity contribution is -0.141. The van der Waals surface area contributed by atoms with E-state index in [-0.39, 0.29) is 48.6 Å². The summed E-state index contributed by atoms with van der Waals surface area (Å²) in [5.74, 6) is -0.934. The number of fused-ring (bicyclic) bond motifs is 4. The fraction of sp³-hybridized carbons (Fsp3) is 0.444. The summed E-state index contributed by atoms with van der Waals surface area (Å²) in [6.45, 7) is 3.26. The molecule has 2 fully saturated rings. The fourth-order valence-corrected chi connectivity index (χ4v) is 5.82. The highest BCUT2D eigenvalue weighted by Gasteiger charge is 2.60. The summed E-state index contributed by atoms with van der Waals surface area (Å²) in [6.07, 6.45) is 1.20. The van der Waals surface area contributed by atoms with Crippen LogP contribution in [0.4, 0.5) is 4.79 Å². The maximum atomic E-state index is 12.8. The number of aliphatic carboxylic acids is 1. The molecule has 1 saturated carbocycles. The van der Waals surface area contributed by atoms with E-state index in [9.17, 15) is 19.5 Å². The van der Waals surface area contributed by atoms with Gasteiger partial charge >= 0.3 is 12.1 Å². The number of amides is 2. The van der Waals surface area contributed by atoms with Crippen molar-refractivity contribution in [3.63, 3.8) is 0 Å². The molecule has 2 N–H and O–H groups in total. The number of piperidine rings is 1. The first kappa shape index (κ1) is 22.4. The molecule has 2 unspecified atom stereocenters. The van der Waals surface area contributed by atoms with Gasteiger partial charge in [-0.15, -0.1) is 0 Å². The Kier molecular flexibility index (Phi) is 6.02. The van der Waals surface area contributed by atoms with Gasteiger partial charge in [-0.05, 0) is 40.5 Å². The number of carboxylic acids is 1. The van der Waals surface area contributed by atoms with Gasteiger partial charge in [-0.1, -0.05) is 61.9 Å². The van der Waals surface area contributed by atoms with Crippen LogP contribution in [0.25, 0.3) is 11.1 Å². The second-order valence-corrected chi connectivity index (χ2v) is 9.65. The third kappa shape index (κ3) is 4.15. The summed E-state index contributed by atoms with van der Waals surface area (Å²) in [7, 11) is 0. The molecule has 7 heteroatoms. The minimum Gasteiger partial charge on any atom is -0.481 e. The number of hydrogen-bond acceptors (Lipinski definition) is 4. The minimum absolute atomic E-state index is 0.0112. The third-order valence-electron chi connectivity index (χ3n) is 7.56. The van der Waals surface area contributed by atoms with E-state index in [1.165, 1.54) is 11.1 Å². The van der Waals surface area contributed by atoms with Crippen LogP contribution in [-0.4, -0.2) is 53.7 Å². The molecule has 2 aromatic carbocycles. The Bertz CT molecular complexity index is 1060. The van der Waals surface area contributed by atoms with Crippen molar-refractivity contribution in [3.05, 3.63) is 59.7 Å². The lowest BCUT2D eigenvalue weighted by Crippen LogP contribution is -2.41. The first-order valence-corrected chi connectivity index (χ1v) is 12.1. The number of rotatable bonds is 8. The fourth-order valence-electron chi connectivity index (χ4n) is 5.82. The first-order valence-electron chi connectivity index (χ1n) is 12.1. The van der Waals surface area contributed by atoms with Crippen LogP contribution in [0.2, 0.25) is 0 Å². The highest BCUT2D eigenvalue weighted by Crippen LogP contribution is 2.51. The minimum atomic E-state index is -0.761. The molecule has 3 aliphatic rings. The zero-order valence-corrected chi connectivity index (χ0v) is 19.3. The van der Waals surface area contributed by atoms with Crippen LogP contribution in [0.15, 0.2) is 48.5 Å². The predicted octanol–water partition coefficient (Wildman–Crippen LogP) is 3.87. The molecule has 0 radical (unpaired) electrons. The molecule has 0 spiro atoms. The quantitative estimate of drug-likeness (QED) is 0.621. The molecule has 2 aliphatic carbocycles. The van der Waals surface area contributed by atoms with Crippen LogP contribution in [0.3, 0.4) is 0 Å². The lowest BCUT2D eigenvalue weighted by Gasteiger charge is -2.24. The lowest BCUT2D eigenvalue weighted by atomic mass is 9.98. The van der Waals surface area contributed by atoms with Gasteiger partial charge in [0.2, 0.25) is 5.91 Å². The smallest absolute Gasteiger partial charge is 0.407 e. The SMILES string of the molecule is CCCC(CC(=O)N1C[C@@H]2C(C(=O)O)[C@@H]2C1)NC(=O)OCC1c2ccccc2-c2ccccc21. The van der Waals surface area contributed by atoms with Crippen LogP contribution >= 0.6 is 0 Å². The molecule has 1 saturated heterocycles. The van der Waals surface area contributed by atoms with E-state index in [4.69, 9.17) is 4.74 Å². The van der Waals surface area contributed by atoms with Crippen LogP contribution < -0.4 is 5.32 Å². The first-order chi connectivity index (χ1) is 16.5. The second kappa shape index (κ2) is 9.12. The Morgan fingerprint density at radius 2 is 1.62 bits per heavy atom. The van der Waals surface area contributed by atoms with E-state index >= 15 is 0 Å². The number of likely N-dealkylation sites (tertiary alicyclic amines) is 1. The maximum Gasteiger partial charge on any atom is 0.407 e. The molecule has 178 valence electrons. The number of hydrogen-bond donors (Lipinski definition) is 2. The summed E-state index contributed by atoms with van der Waals surface area (Å²) in [5, 5.41) is 12.1. The topological polar surface area (TPSA) is 95.9 Å². The highest BCUT2D eigenvalue weighted by molar-refractivity contribution is 5.81. The Balaban J connectivity index is 1.16. The summed E-state index contributed by atoms with van der Waals surface area (Å²) in [6, 6.07) is 16.1. The van der Waals surface area contributed by atoms with Gasteiger partial charge in [0.1, 0.15) is 6.61 Å². The summed E-state index contributed by atoms with van der Waals surface area (Å²) < 4.78 is 5.65. The summed E-state index contributed by atoms with van der Waals surface area (Å²) in [4.78, 5) is 38.4. The Morgan fingerprint density at radius 1 is 1.03 bits per heavy atom. The van der Waals surface area contributed by atoms with Crippen molar-refractivity contribution in [1.29, 1.82) is 0 Å². The van der Waals surface area contributed by atoms with E-state index in [1.807, 2.05) is 31.2 Å². The van der Waals surface area contributed by atoms with Crippen molar-refractivity contribution < 1.29 is 24.2 Å². The second-order valence-electron chi connectivity index (χ2n) is 9.65. The number of ether oxygens (including phenoxy) is 1. The van der Waals surface area contributed by atoms with Crippen LogP contribution in [0.5, 0.6) is 0 Å². The Morgan fingerprint density at radius 3 is 2.18 bits per heavy atom. The van der Waals surface area contributed by atoms with Gasteiger partial charge in [0.15, 0.2) is 0 Å². The zero-order chi connectivity index (χ0) is 23.8. The largest absolute Gasteiger partial charge is 0.481 e. The number of carbonyl (C=O) groups is 3. The normalized spacial score (nSPS) is 23.0. The van der Waals surface area contributed by atoms with Crippen molar-refractivity contribution in [2.75, 3.05) is 19.7 Å². The van der Waals surface area contributed by atoms with Gasteiger partial charge in [0.05, 0.1) is 5.92 Å². The molecule has 5 rings (SSSR count). The molecule has 0 bridgehead atoms. The third-order valence-corrected chi connectivity index (χ3v) is 7.56. The molecule has 2 amide bonds. The van der Waals surface area contributed by atoms with Crippen molar-refractivity contribution >= 4 is 18.0 Å². The molecular weight excluding hydrogens is 432 g/mol. The molecule has 0 aromatic heterocycles. The van der Waals surface area contributed by atoms with Gasteiger partial charge in [-0.25, -0.2) is 4.79 Å². The van der Waals surface area contributed by atoms with Crippen LogP contribution in [0, 0.1) is 17.8 Å². The number of carbonyl (C=O) groups excluding carboxylic acids is 2. The van der Waals surface area contributed by atoms with Gasteiger partial charge in [-0.2, -0.15) is 0 Å². The Labute approximate surface area is 199 Å². The van der Waals surface area contributed by atoms with E-state index in [0.29, 0.717) is 19.5 Å². The average Bonchev–Trinajstić information content (AvgIpc) is 3.18. The van der Waals surface area contributed by atoms with Crippen molar-refractivity contribution in [2.24, 2.45) is 17.8 Å². The average molecular weight is 463 g/mol. The number of benzene rings is 2. The molecule has 34 heavy (non-hydrogen) atoms. The van der Waals surface area contributed by atoms with Crippen molar-refractivity contribution in [2.45, 2.75) is 38.1 Å². The van der Waals surface area contributed by atoms with Gasteiger partial charge < -0.3 is 20.1 Å². The molecule has 4 atom stereocenters. The zero-order valence-electron chi connectivity index (χ0n) is 19.3.